The van der Waals surface area contributed by atoms with Gasteiger partial charge in [-0.1, -0.05) is 38.0 Å². The molecule has 0 unspecified atom stereocenters. The molecular formula is C24H26FN3O3. The average molecular weight is 423 g/mol. The Balaban J connectivity index is 1.56. The molecule has 1 heterocycles. The van der Waals surface area contributed by atoms with Gasteiger partial charge in [-0.05, 0) is 55.2 Å². The summed E-state index contributed by atoms with van der Waals surface area (Å²) in [7, 11) is 0. The molecule has 0 aromatic heterocycles. The van der Waals surface area contributed by atoms with Crippen molar-refractivity contribution in [3.05, 3.63) is 59.9 Å². The van der Waals surface area contributed by atoms with Crippen molar-refractivity contribution >= 4 is 29.2 Å². The number of imide groups is 1. The first-order valence-corrected chi connectivity index (χ1v) is 10.8. The third-order valence-corrected chi connectivity index (χ3v) is 6.06. The first-order valence-electron chi connectivity index (χ1n) is 10.8. The number of amides is 4. The topological polar surface area (TPSA) is 69.7 Å². The molecule has 0 radical (unpaired) electrons. The molecule has 2 aliphatic rings. The van der Waals surface area contributed by atoms with Gasteiger partial charge in [0.1, 0.15) is 11.9 Å². The van der Waals surface area contributed by atoms with Crippen molar-refractivity contribution in [1.29, 1.82) is 0 Å². The van der Waals surface area contributed by atoms with E-state index in [-0.39, 0.29) is 24.1 Å². The zero-order valence-electron chi connectivity index (χ0n) is 17.5. The normalized spacial score (nSPS) is 19.4. The van der Waals surface area contributed by atoms with Gasteiger partial charge in [-0.3, -0.25) is 9.59 Å². The monoisotopic (exact) mass is 423 g/mol. The molecule has 1 saturated heterocycles. The lowest BCUT2D eigenvalue weighted by Crippen LogP contribution is -2.43. The van der Waals surface area contributed by atoms with Crippen molar-refractivity contribution in [3.8, 4) is 0 Å². The Labute approximate surface area is 181 Å². The summed E-state index contributed by atoms with van der Waals surface area (Å²) >= 11 is 0. The molecule has 2 aromatic rings. The van der Waals surface area contributed by atoms with Gasteiger partial charge in [0.15, 0.2) is 0 Å². The van der Waals surface area contributed by atoms with E-state index in [1.165, 1.54) is 24.3 Å². The maximum Gasteiger partial charge on any atom is 0.332 e. The number of rotatable bonds is 6. The Hall–Kier alpha value is -3.22. The third-order valence-electron chi connectivity index (χ3n) is 6.06. The van der Waals surface area contributed by atoms with E-state index < -0.39 is 23.8 Å². The number of carbonyl (C=O) groups is 3. The van der Waals surface area contributed by atoms with E-state index in [0.717, 1.165) is 42.6 Å². The fourth-order valence-corrected chi connectivity index (χ4v) is 4.45. The number of hydrogen-bond donors (Lipinski definition) is 1. The second kappa shape index (κ2) is 8.88. The van der Waals surface area contributed by atoms with Gasteiger partial charge >= 0.3 is 6.03 Å². The van der Waals surface area contributed by atoms with Crippen LogP contribution in [-0.2, 0) is 16.0 Å². The van der Waals surface area contributed by atoms with Crippen molar-refractivity contribution in [2.24, 2.45) is 0 Å². The molecule has 1 saturated carbocycles. The van der Waals surface area contributed by atoms with E-state index in [9.17, 15) is 18.8 Å². The van der Waals surface area contributed by atoms with Crippen LogP contribution in [0.4, 0.5) is 20.6 Å². The van der Waals surface area contributed by atoms with E-state index >= 15 is 0 Å². The van der Waals surface area contributed by atoms with Gasteiger partial charge in [0.05, 0.1) is 12.1 Å². The van der Waals surface area contributed by atoms with Gasteiger partial charge in [0.2, 0.25) is 5.91 Å². The van der Waals surface area contributed by atoms with Crippen LogP contribution >= 0.6 is 0 Å². The predicted octanol–water partition coefficient (Wildman–Crippen LogP) is 4.50. The summed E-state index contributed by atoms with van der Waals surface area (Å²) in [6.45, 7) is 2.05. The highest BCUT2D eigenvalue weighted by Gasteiger charge is 2.49. The molecule has 2 aromatic carbocycles. The van der Waals surface area contributed by atoms with Crippen molar-refractivity contribution in [2.45, 2.75) is 57.5 Å². The van der Waals surface area contributed by atoms with E-state index in [2.05, 4.69) is 12.2 Å². The highest BCUT2D eigenvalue weighted by atomic mass is 19.1. The molecule has 4 amide bonds. The second-order valence-corrected chi connectivity index (χ2v) is 8.10. The van der Waals surface area contributed by atoms with Crippen LogP contribution in [0.2, 0.25) is 0 Å². The quantitative estimate of drug-likeness (QED) is 0.696. The van der Waals surface area contributed by atoms with Crippen LogP contribution in [0.3, 0.4) is 0 Å². The maximum absolute atomic E-state index is 13.7. The minimum atomic E-state index is -0.895. The van der Waals surface area contributed by atoms with Crippen LogP contribution in [-0.4, -0.2) is 34.8 Å². The molecule has 162 valence electrons. The first kappa shape index (κ1) is 21.0. The Bertz CT molecular complexity index is 986. The number of hydrogen-bond acceptors (Lipinski definition) is 3. The molecule has 1 atom stereocenters. The summed E-state index contributed by atoms with van der Waals surface area (Å²) in [5.74, 6) is -1.35. The molecule has 1 aliphatic heterocycles. The SMILES string of the molecule is CCc1ccc(NC(=O)C[C@H]2C(=O)N(c3cccc(F)c3)C(=O)N2C2CCCC2)cc1. The number of urea groups is 1. The Morgan fingerprint density at radius 2 is 1.81 bits per heavy atom. The van der Waals surface area contributed by atoms with Gasteiger partial charge in [0.25, 0.3) is 5.91 Å². The summed E-state index contributed by atoms with van der Waals surface area (Å²) < 4.78 is 13.7. The van der Waals surface area contributed by atoms with Crippen molar-refractivity contribution in [2.75, 3.05) is 10.2 Å². The minimum absolute atomic E-state index is 0.0864. The average Bonchev–Trinajstić information content (AvgIpc) is 3.35. The lowest BCUT2D eigenvalue weighted by atomic mass is 10.1. The number of nitrogens with one attached hydrogen (secondary N) is 1. The standard InChI is InChI=1S/C24H26FN3O3/c1-2-16-10-12-18(13-11-16)26-22(29)15-21-23(30)28(20-9-5-6-17(25)14-20)24(31)27(21)19-7-3-4-8-19/h5-6,9-14,19,21H,2-4,7-8,15H2,1H3,(H,26,29)/t21-/m0/s1. The molecule has 7 heteroatoms. The zero-order chi connectivity index (χ0) is 22.0. The van der Waals surface area contributed by atoms with Gasteiger partial charge in [-0.25, -0.2) is 14.1 Å². The molecule has 6 nitrogen and oxygen atoms in total. The molecule has 0 bridgehead atoms. The van der Waals surface area contributed by atoms with Gasteiger partial charge in [0, 0.05) is 11.7 Å². The molecule has 4 rings (SSSR count). The van der Waals surface area contributed by atoms with Crippen LogP contribution in [0.25, 0.3) is 0 Å². The van der Waals surface area contributed by atoms with Crippen LogP contribution in [0, 0.1) is 5.82 Å². The smallest absolute Gasteiger partial charge is 0.326 e. The summed E-state index contributed by atoms with van der Waals surface area (Å²) in [6, 6.07) is 11.5. The highest BCUT2D eigenvalue weighted by Crippen LogP contribution is 2.34. The van der Waals surface area contributed by atoms with Gasteiger partial charge in [-0.15, -0.1) is 0 Å². The van der Waals surface area contributed by atoms with Crippen LogP contribution < -0.4 is 10.2 Å². The largest absolute Gasteiger partial charge is 0.332 e. The lowest BCUT2D eigenvalue weighted by Gasteiger charge is -2.27. The summed E-state index contributed by atoms with van der Waals surface area (Å²) in [5.41, 5.74) is 2.00. The summed E-state index contributed by atoms with van der Waals surface area (Å²) in [5, 5.41) is 2.82. The molecule has 1 N–H and O–H groups in total. The van der Waals surface area contributed by atoms with Crippen LogP contribution in [0.1, 0.15) is 44.6 Å². The number of anilines is 2. The third kappa shape index (κ3) is 4.31. The van der Waals surface area contributed by atoms with Gasteiger partial charge in [-0.2, -0.15) is 0 Å². The Kier molecular flexibility index (Phi) is 6.02. The predicted molar refractivity (Wildman–Crippen MR) is 116 cm³/mol. The molecule has 0 spiro atoms. The Morgan fingerprint density at radius 1 is 1.10 bits per heavy atom. The fourth-order valence-electron chi connectivity index (χ4n) is 4.45. The number of carbonyl (C=O) groups excluding carboxylic acids is 3. The van der Waals surface area contributed by atoms with Crippen molar-refractivity contribution in [1.82, 2.24) is 4.90 Å². The Morgan fingerprint density at radius 3 is 2.45 bits per heavy atom. The summed E-state index contributed by atoms with van der Waals surface area (Å²) in [6.07, 6.45) is 4.32. The van der Waals surface area contributed by atoms with Crippen LogP contribution in [0.5, 0.6) is 0 Å². The number of aryl methyl sites for hydroxylation is 1. The van der Waals surface area contributed by atoms with E-state index in [4.69, 9.17) is 0 Å². The fraction of sp³-hybridized carbons (Fsp3) is 0.375. The number of halogens is 1. The van der Waals surface area contributed by atoms with Crippen LogP contribution in [0.15, 0.2) is 48.5 Å². The second-order valence-electron chi connectivity index (χ2n) is 8.10. The number of benzene rings is 2. The van der Waals surface area contributed by atoms with E-state index in [0.29, 0.717) is 5.69 Å². The zero-order valence-corrected chi connectivity index (χ0v) is 17.5. The maximum atomic E-state index is 13.7. The van der Waals surface area contributed by atoms with Crippen molar-refractivity contribution < 1.29 is 18.8 Å². The molecule has 2 fully saturated rings. The minimum Gasteiger partial charge on any atom is -0.326 e. The van der Waals surface area contributed by atoms with E-state index in [1.807, 2.05) is 24.3 Å². The summed E-state index contributed by atoms with van der Waals surface area (Å²) in [4.78, 5) is 41.7. The molecular weight excluding hydrogens is 397 g/mol. The molecule has 31 heavy (non-hydrogen) atoms. The first-order chi connectivity index (χ1) is 15.0. The van der Waals surface area contributed by atoms with Crippen molar-refractivity contribution in [3.63, 3.8) is 0 Å². The number of nitrogens with zero attached hydrogens (tertiary/aromatic N) is 2. The molecule has 1 aliphatic carbocycles. The lowest BCUT2D eigenvalue weighted by molar-refractivity contribution is -0.124. The van der Waals surface area contributed by atoms with Gasteiger partial charge < -0.3 is 10.2 Å². The van der Waals surface area contributed by atoms with E-state index in [1.54, 1.807) is 4.90 Å². The highest BCUT2D eigenvalue weighted by molar-refractivity contribution is 6.22.